The third kappa shape index (κ3) is 19.8. The Morgan fingerprint density at radius 2 is 0.507 bits per heavy atom. The van der Waals surface area contributed by atoms with Crippen LogP contribution in [-0.4, -0.2) is 127 Å². The average molecular weight is 1850 g/mol. The highest BCUT2D eigenvalue weighted by atomic mass is 16.5. The Morgan fingerprint density at radius 1 is 0.186 bits per heavy atom. The van der Waals surface area contributed by atoms with Gasteiger partial charge in [0.1, 0.15) is 46.0 Å². The van der Waals surface area contributed by atoms with Gasteiger partial charge >= 0.3 is 24.0 Å². The number of nitrogens with zero attached hydrogens (tertiary/aromatic N) is 12. The van der Waals surface area contributed by atoms with E-state index in [4.69, 9.17) is 33.9 Å². The summed E-state index contributed by atoms with van der Waals surface area (Å²) >= 11 is 0. The van der Waals surface area contributed by atoms with Crippen molar-refractivity contribution in [2.75, 3.05) is 26.4 Å². The molecule has 0 spiro atoms. The van der Waals surface area contributed by atoms with Crippen molar-refractivity contribution < 1.29 is 59.8 Å². The fraction of sp³-hybridized carbons (Fsp3) is 0.155. The number of rotatable bonds is 26. The second-order valence-electron chi connectivity index (χ2n) is 34.2. The van der Waals surface area contributed by atoms with Gasteiger partial charge in [0.15, 0.2) is 46.6 Å². The monoisotopic (exact) mass is 1850 g/mol. The Morgan fingerprint density at radius 3 is 0.979 bits per heavy atom. The van der Waals surface area contributed by atoms with E-state index in [0.717, 1.165) is 162 Å². The normalized spacial score (nSPS) is 11.3. The van der Waals surface area contributed by atoms with Crippen LogP contribution in [0.2, 0.25) is 0 Å². The van der Waals surface area contributed by atoms with E-state index in [0.29, 0.717) is 72.0 Å². The summed E-state index contributed by atoms with van der Waals surface area (Å²) in [5.74, 6) is 2.35. The van der Waals surface area contributed by atoms with Crippen LogP contribution in [0, 0.1) is 0 Å². The van der Waals surface area contributed by atoms with Crippen molar-refractivity contribution in [1.29, 1.82) is 0 Å². The summed E-state index contributed by atoms with van der Waals surface area (Å²) in [5, 5.41) is 103. The number of aromatic nitrogens is 12. The fourth-order valence-corrected chi connectivity index (χ4v) is 17.6. The molecular formula is C116H98N12O12. The molecule has 4 heterocycles. The molecule has 694 valence electrons. The third-order valence-corrected chi connectivity index (χ3v) is 24.4. The Hall–Kier alpha value is -17.5. The number of phenolic OH excluding ortho intramolecular Hbond substituents is 8. The first-order valence-electron chi connectivity index (χ1n) is 47.0. The van der Waals surface area contributed by atoms with E-state index in [-0.39, 0.29) is 93.3 Å². The average Bonchev–Trinajstić information content (AvgIpc) is 0.740. The largest absolute Gasteiger partial charge is 0.508 e. The minimum Gasteiger partial charge on any atom is -0.508 e. The number of aromatic hydroxyl groups is 8. The Labute approximate surface area is 805 Å². The molecule has 0 saturated carbocycles. The number of ether oxygens (including phenoxy) is 4. The lowest BCUT2D eigenvalue weighted by Gasteiger charge is -2.14. The Kier molecular flexibility index (Phi) is 27.0. The number of unbranched alkanes of at least 4 members (excludes halogenated alkanes) is 6. The molecule has 0 radical (unpaired) electrons. The molecule has 0 aliphatic carbocycles. The summed E-state index contributed by atoms with van der Waals surface area (Å²) in [6.07, 6.45) is 10.2. The predicted molar refractivity (Wildman–Crippen MR) is 553 cm³/mol. The van der Waals surface area contributed by atoms with Gasteiger partial charge in [0.05, 0.1) is 48.7 Å². The van der Waals surface area contributed by atoms with Crippen LogP contribution in [0.25, 0.3) is 199 Å². The molecule has 4 aromatic heterocycles. The van der Waals surface area contributed by atoms with Gasteiger partial charge in [-0.2, -0.15) is 39.9 Å². The molecule has 140 heavy (non-hydrogen) atoms. The maximum absolute atomic E-state index is 10.6. The Balaban J connectivity index is 0.000000119. The van der Waals surface area contributed by atoms with E-state index >= 15 is 0 Å². The Bertz CT molecular complexity index is 8360. The van der Waals surface area contributed by atoms with Crippen LogP contribution in [0.15, 0.2) is 303 Å². The van der Waals surface area contributed by atoms with Gasteiger partial charge < -0.3 is 59.8 Å². The van der Waals surface area contributed by atoms with Crippen LogP contribution < -0.4 is 18.9 Å². The molecule has 0 amide bonds. The van der Waals surface area contributed by atoms with Crippen LogP contribution in [-0.2, 0) is 0 Å². The fourth-order valence-electron chi connectivity index (χ4n) is 17.6. The third-order valence-electron chi connectivity index (χ3n) is 24.4. The molecule has 0 unspecified atom stereocenters. The molecule has 0 fully saturated rings. The molecule has 0 saturated heterocycles. The number of benzene rings is 18. The minimum absolute atomic E-state index is 0.0327. The van der Waals surface area contributed by atoms with Crippen molar-refractivity contribution in [3.8, 4) is 161 Å². The van der Waals surface area contributed by atoms with Crippen LogP contribution in [0.4, 0.5) is 0 Å². The topological polar surface area (TPSA) is 353 Å². The zero-order valence-electron chi connectivity index (χ0n) is 77.3. The summed E-state index contributed by atoms with van der Waals surface area (Å²) in [4.78, 5) is 55.3. The SMILES string of the molecule is CCCCCCOc1nc(-c2ccc(O)cc2O)nc(-c2cc3c4ccccc4ccc3c3ccccc23)n1.CCCCCCOc1nc(-c2ccc3cc4ccccc4cc3c2)nc(-c2ccc(O)cc2O)n1.CCCOc1nc(-c2ccc(O)cc2O)nc(-c2cc3ccccc3c3ccccc23)n1.CCCOc1nc(-c2ccc(O)cc2O)nc(-c2ccc3ccc4cccc5ccc2c3c45)n1. The molecule has 0 aliphatic heterocycles. The van der Waals surface area contributed by atoms with Crippen molar-refractivity contribution in [2.24, 2.45) is 0 Å². The van der Waals surface area contributed by atoms with Crippen LogP contribution in [0.5, 0.6) is 70.0 Å². The van der Waals surface area contributed by atoms with E-state index in [1.807, 2.05) is 86.6 Å². The molecule has 0 atom stereocenters. The van der Waals surface area contributed by atoms with Gasteiger partial charge in [-0.3, -0.25) is 0 Å². The lowest BCUT2D eigenvalue weighted by Crippen LogP contribution is -2.05. The predicted octanol–water partition coefficient (Wildman–Crippen LogP) is 26.9. The maximum Gasteiger partial charge on any atom is 0.320 e. The van der Waals surface area contributed by atoms with E-state index < -0.39 is 0 Å². The second-order valence-corrected chi connectivity index (χ2v) is 34.2. The van der Waals surface area contributed by atoms with Crippen LogP contribution in [0.3, 0.4) is 0 Å². The van der Waals surface area contributed by atoms with Crippen molar-refractivity contribution >= 4 is 108 Å². The van der Waals surface area contributed by atoms with E-state index in [9.17, 15) is 40.9 Å². The summed E-state index contributed by atoms with van der Waals surface area (Å²) in [6, 6.07) is 97.3. The molecule has 24 heteroatoms. The zero-order valence-corrected chi connectivity index (χ0v) is 77.3. The maximum atomic E-state index is 10.6. The highest BCUT2D eigenvalue weighted by Gasteiger charge is 2.25. The van der Waals surface area contributed by atoms with Gasteiger partial charge in [0.2, 0.25) is 0 Å². The van der Waals surface area contributed by atoms with E-state index in [2.05, 4.69) is 216 Å². The number of hydrogen-bond acceptors (Lipinski definition) is 24. The molecular weight excluding hydrogens is 1750 g/mol. The quantitative estimate of drug-likeness (QED) is 0.0142. The van der Waals surface area contributed by atoms with Gasteiger partial charge in [-0.05, 0) is 218 Å². The standard InChI is InChI=1S/C33H29N3O3.C29H27N3O3.C28H21N3O3.C26H21N3O3/c1-2-3-4-9-18-39-33-35-31(27-17-15-22(37)19-30(27)38)34-32(36-33)29-20-28-23-11-6-5-10-21(23)14-16-26(28)24-12-7-8-13-25(24)29;1-2-3-4-7-14-35-29-31-27(30-28(32-29)25-13-12-24(33)18-26(25)34)22-11-10-21-15-19-8-5-6-9-20(19)16-23(21)17-22;1-2-14-34-28-30-26(29-27(31-28)22-13-10-19(32)15-23(22)33)21-12-9-18-7-6-16-4-3-5-17-8-11-20(21)25(18)24(16)17;1-2-13-32-26-28-24(21-12-11-17(30)15-23(21)31)27-25(29-26)22-14-16-7-3-4-8-18(16)19-9-5-6-10-20(19)22/h5-8,10-17,19-20,37-38H,2-4,9,18H2,1H3;5-6,8-13,15-18,33-34H,2-4,7,14H2,1H3;3-13,15,32-33H,2,14H2,1H3;3-12,14-15,30-31H,2,13H2,1H3. The smallest absolute Gasteiger partial charge is 0.320 e. The number of fused-ring (bicyclic) bond motifs is 10. The second kappa shape index (κ2) is 41.3. The van der Waals surface area contributed by atoms with Gasteiger partial charge in [0.25, 0.3) is 0 Å². The van der Waals surface area contributed by atoms with Gasteiger partial charge in [0, 0.05) is 46.5 Å². The van der Waals surface area contributed by atoms with E-state index in [1.54, 1.807) is 24.3 Å². The summed E-state index contributed by atoms with van der Waals surface area (Å²) in [7, 11) is 0. The van der Waals surface area contributed by atoms with Crippen molar-refractivity contribution in [2.45, 2.75) is 91.9 Å². The number of hydrogen-bond donors (Lipinski definition) is 8. The first-order valence-corrected chi connectivity index (χ1v) is 47.0. The zero-order chi connectivity index (χ0) is 96.3. The summed E-state index contributed by atoms with van der Waals surface area (Å²) in [6.45, 7) is 10.3. The van der Waals surface area contributed by atoms with Crippen molar-refractivity contribution in [3.63, 3.8) is 0 Å². The van der Waals surface area contributed by atoms with Gasteiger partial charge in [-0.1, -0.05) is 260 Å². The first-order chi connectivity index (χ1) is 68.5. The molecule has 24 nitrogen and oxygen atoms in total. The highest BCUT2D eigenvalue weighted by molar-refractivity contribution is 6.26. The molecule has 0 aliphatic rings. The van der Waals surface area contributed by atoms with Gasteiger partial charge in [-0.25, -0.2) is 19.9 Å². The molecule has 18 aromatic carbocycles. The highest BCUT2D eigenvalue weighted by Crippen LogP contribution is 2.45. The number of phenols is 8. The molecule has 22 aromatic rings. The van der Waals surface area contributed by atoms with Crippen LogP contribution >= 0.6 is 0 Å². The lowest BCUT2D eigenvalue weighted by molar-refractivity contribution is 0.281. The molecule has 22 rings (SSSR count). The van der Waals surface area contributed by atoms with Crippen LogP contribution in [0.1, 0.15) is 91.9 Å². The lowest BCUT2D eigenvalue weighted by atomic mass is 9.92. The first kappa shape index (κ1) is 91.6. The molecule has 8 N–H and O–H groups in total. The minimum atomic E-state index is -0.119. The summed E-state index contributed by atoms with van der Waals surface area (Å²) < 4.78 is 23.4. The van der Waals surface area contributed by atoms with Crippen molar-refractivity contribution in [3.05, 3.63) is 303 Å². The van der Waals surface area contributed by atoms with Gasteiger partial charge in [-0.15, -0.1) is 0 Å². The summed E-state index contributed by atoms with van der Waals surface area (Å²) in [5.41, 5.74) is 4.95. The van der Waals surface area contributed by atoms with Crippen molar-refractivity contribution in [1.82, 2.24) is 59.8 Å². The molecule has 0 bridgehead atoms. The van der Waals surface area contributed by atoms with E-state index in [1.165, 1.54) is 80.8 Å².